The molecule has 0 bridgehead atoms. The van der Waals surface area contributed by atoms with Gasteiger partial charge < -0.3 is 9.84 Å². The first-order chi connectivity index (χ1) is 23.8. The molecule has 2 saturated heterocycles. The fraction of sp³-hybridized carbons (Fsp3) is 0.250. The summed E-state index contributed by atoms with van der Waals surface area (Å²) in [5.41, 5.74) is 5.52. The van der Waals surface area contributed by atoms with Crippen molar-refractivity contribution in [1.29, 1.82) is 0 Å². The molecule has 9 heteroatoms. The lowest BCUT2D eigenvalue weighted by Crippen LogP contribution is -2.53. The Bertz CT molecular complexity index is 2030. The maximum Gasteiger partial charge on any atom is 0.260 e. The Labute approximate surface area is 283 Å². The Morgan fingerprint density at radius 1 is 0.796 bits per heavy atom. The zero-order valence-corrected chi connectivity index (χ0v) is 27.1. The van der Waals surface area contributed by atoms with Crippen LogP contribution in [0.3, 0.4) is 0 Å². The predicted octanol–water partition coefficient (Wildman–Crippen LogP) is 5.90. The first-order valence-corrected chi connectivity index (χ1v) is 16.5. The number of phenolic OH excluding ortho intramolecular Hbond substituents is 1. The number of para-hydroxylation sites is 2. The molecule has 4 aromatic carbocycles. The molecule has 4 amide bonds. The summed E-state index contributed by atoms with van der Waals surface area (Å²) in [7, 11) is 1.46. The van der Waals surface area contributed by atoms with Gasteiger partial charge in [-0.1, -0.05) is 90.0 Å². The van der Waals surface area contributed by atoms with E-state index in [-0.39, 0.29) is 36.2 Å². The van der Waals surface area contributed by atoms with Gasteiger partial charge in [-0.05, 0) is 61.6 Å². The zero-order chi connectivity index (χ0) is 34.0. The molecule has 0 radical (unpaired) electrons. The third-order valence-corrected chi connectivity index (χ3v) is 11.0. The summed E-state index contributed by atoms with van der Waals surface area (Å²) in [5.74, 6) is -5.06. The molecule has 2 N–H and O–H groups in total. The molecule has 1 saturated carbocycles. The van der Waals surface area contributed by atoms with Crippen LogP contribution in [0, 0.1) is 30.6 Å². The van der Waals surface area contributed by atoms with Crippen molar-refractivity contribution in [2.24, 2.45) is 23.7 Å². The highest BCUT2D eigenvalue weighted by Gasteiger charge is 2.70. The number of carbonyl (C=O) groups is 4. The molecular weight excluding hydrogens is 618 g/mol. The van der Waals surface area contributed by atoms with Crippen LogP contribution in [-0.4, -0.2) is 40.9 Å². The highest BCUT2D eigenvalue weighted by molar-refractivity contribution is 6.22. The number of phenols is 1. The number of fused-ring (bicyclic) bond motifs is 4. The molecule has 2 heterocycles. The third kappa shape index (κ3) is 4.38. The molecule has 246 valence electrons. The summed E-state index contributed by atoms with van der Waals surface area (Å²) < 4.78 is 5.53. The van der Waals surface area contributed by atoms with Crippen LogP contribution in [0.2, 0.25) is 0 Å². The lowest BCUT2D eigenvalue weighted by atomic mass is 9.49. The zero-order valence-electron chi connectivity index (χ0n) is 27.1. The van der Waals surface area contributed by atoms with Crippen LogP contribution in [0.5, 0.6) is 11.5 Å². The molecule has 2 aliphatic heterocycles. The Kier molecular flexibility index (Phi) is 7.17. The average Bonchev–Trinajstić information content (AvgIpc) is 3.51. The fourth-order valence-electron chi connectivity index (χ4n) is 8.86. The molecule has 0 spiro atoms. The van der Waals surface area contributed by atoms with Crippen molar-refractivity contribution in [1.82, 2.24) is 5.01 Å². The minimum Gasteiger partial charge on any atom is -0.504 e. The van der Waals surface area contributed by atoms with Gasteiger partial charge in [0.25, 0.3) is 11.8 Å². The van der Waals surface area contributed by atoms with Crippen molar-refractivity contribution >= 4 is 35.0 Å². The summed E-state index contributed by atoms with van der Waals surface area (Å²) in [6, 6.07) is 30.7. The summed E-state index contributed by atoms with van der Waals surface area (Å²) >= 11 is 0. The highest BCUT2D eigenvalue weighted by Crippen LogP contribution is 2.65. The van der Waals surface area contributed by atoms with E-state index in [2.05, 4.69) is 5.43 Å². The van der Waals surface area contributed by atoms with Crippen LogP contribution in [0.4, 0.5) is 11.4 Å². The normalized spacial score (nSPS) is 27.4. The van der Waals surface area contributed by atoms with E-state index in [9.17, 15) is 19.5 Å². The maximum absolute atomic E-state index is 15.2. The maximum atomic E-state index is 15.2. The summed E-state index contributed by atoms with van der Waals surface area (Å²) in [6.07, 6.45) is 2.43. The van der Waals surface area contributed by atoms with Gasteiger partial charge in [-0.25, -0.2) is 0 Å². The van der Waals surface area contributed by atoms with E-state index in [1.54, 1.807) is 42.5 Å². The van der Waals surface area contributed by atoms with Crippen molar-refractivity contribution < 1.29 is 29.0 Å². The SMILES string of the molecule is COc1cccc(C2C3=CCC4C(=O)N(c5ccccc5)C(=O)C4C3CC3C(=O)N(Nc4ccc(C)cc4)C(=O)C32c2ccccc2)c1O. The summed E-state index contributed by atoms with van der Waals surface area (Å²) in [6.45, 7) is 1.96. The van der Waals surface area contributed by atoms with Gasteiger partial charge in [0.1, 0.15) is 0 Å². The second kappa shape index (κ2) is 11.5. The second-order valence-electron chi connectivity index (χ2n) is 13.3. The smallest absolute Gasteiger partial charge is 0.260 e. The fourth-order valence-corrected chi connectivity index (χ4v) is 8.86. The van der Waals surface area contributed by atoms with E-state index in [1.807, 2.05) is 73.7 Å². The minimum absolute atomic E-state index is 0.141. The molecule has 3 fully saturated rings. The standard InChI is InChI=1S/C40H35N3O6/c1-23-16-18-25(19-17-23)41-43-37(46)31-22-30-27(20-21-28-33(30)38(47)42(36(28)45)26-12-7-4-8-13-26)34(29-14-9-15-32(49-2)35(29)44)40(31,39(43)48)24-10-5-3-6-11-24/h3-20,28,30-31,33-34,41,44H,21-22H2,1-2H3. The number of ether oxygens (including phenoxy) is 1. The molecule has 49 heavy (non-hydrogen) atoms. The highest BCUT2D eigenvalue weighted by atomic mass is 16.5. The van der Waals surface area contributed by atoms with Gasteiger partial charge in [-0.15, -0.1) is 0 Å². The number of aryl methyl sites for hydroxylation is 1. The average molecular weight is 654 g/mol. The van der Waals surface area contributed by atoms with Crippen LogP contribution in [-0.2, 0) is 24.6 Å². The van der Waals surface area contributed by atoms with Gasteiger partial charge in [0.2, 0.25) is 11.8 Å². The Morgan fingerprint density at radius 3 is 2.18 bits per heavy atom. The summed E-state index contributed by atoms with van der Waals surface area (Å²) in [5, 5.41) is 12.9. The van der Waals surface area contributed by atoms with E-state index in [0.29, 0.717) is 22.5 Å². The number of hydrogen-bond donors (Lipinski definition) is 2. The molecule has 2 aliphatic carbocycles. The van der Waals surface area contributed by atoms with E-state index in [0.717, 1.165) is 16.1 Å². The molecule has 6 unspecified atom stereocenters. The lowest BCUT2D eigenvalue weighted by Gasteiger charge is -2.50. The van der Waals surface area contributed by atoms with Crippen molar-refractivity contribution in [3.63, 3.8) is 0 Å². The van der Waals surface area contributed by atoms with E-state index >= 15 is 4.79 Å². The van der Waals surface area contributed by atoms with E-state index < -0.39 is 46.8 Å². The molecule has 9 nitrogen and oxygen atoms in total. The molecule has 4 aromatic rings. The third-order valence-electron chi connectivity index (χ3n) is 11.0. The number of nitrogens with zero attached hydrogens (tertiary/aromatic N) is 2. The molecular formula is C40H35N3O6. The number of hydrogen-bond acceptors (Lipinski definition) is 7. The number of rotatable bonds is 6. The second-order valence-corrected chi connectivity index (χ2v) is 13.3. The van der Waals surface area contributed by atoms with Gasteiger partial charge in [-0.2, -0.15) is 5.01 Å². The Balaban J connectivity index is 1.34. The van der Waals surface area contributed by atoms with Crippen LogP contribution >= 0.6 is 0 Å². The van der Waals surface area contributed by atoms with Crippen LogP contribution in [0.15, 0.2) is 115 Å². The van der Waals surface area contributed by atoms with E-state index in [4.69, 9.17) is 4.74 Å². The number of carbonyl (C=O) groups excluding carboxylic acids is 4. The monoisotopic (exact) mass is 653 g/mol. The van der Waals surface area contributed by atoms with Gasteiger partial charge in [-0.3, -0.25) is 29.5 Å². The first kappa shape index (κ1) is 30.6. The Morgan fingerprint density at radius 2 is 1.49 bits per heavy atom. The van der Waals surface area contributed by atoms with Gasteiger partial charge in [0.15, 0.2) is 11.5 Å². The number of imide groups is 2. The lowest BCUT2D eigenvalue weighted by molar-refractivity contribution is -0.138. The summed E-state index contributed by atoms with van der Waals surface area (Å²) in [4.78, 5) is 59.5. The number of amides is 4. The largest absolute Gasteiger partial charge is 0.504 e. The molecule has 4 aliphatic rings. The van der Waals surface area contributed by atoms with Gasteiger partial charge in [0.05, 0.1) is 41.7 Å². The predicted molar refractivity (Wildman–Crippen MR) is 182 cm³/mol. The molecule has 8 rings (SSSR count). The quantitative estimate of drug-likeness (QED) is 0.197. The van der Waals surface area contributed by atoms with Crippen molar-refractivity contribution in [2.45, 2.75) is 31.1 Å². The number of aromatic hydroxyl groups is 1. The number of anilines is 2. The van der Waals surface area contributed by atoms with Crippen LogP contribution in [0.25, 0.3) is 0 Å². The number of allylic oxidation sites excluding steroid dienone is 2. The van der Waals surface area contributed by atoms with Crippen molar-refractivity contribution in [3.8, 4) is 11.5 Å². The number of methoxy groups -OCH3 is 1. The first-order valence-electron chi connectivity index (χ1n) is 16.5. The van der Waals surface area contributed by atoms with Crippen molar-refractivity contribution in [2.75, 3.05) is 17.4 Å². The van der Waals surface area contributed by atoms with Gasteiger partial charge >= 0.3 is 0 Å². The number of hydrazine groups is 1. The molecule has 6 atom stereocenters. The number of nitrogens with one attached hydrogen (secondary N) is 1. The Hall–Kier alpha value is -5.70. The minimum atomic E-state index is -1.49. The van der Waals surface area contributed by atoms with Crippen molar-refractivity contribution in [3.05, 3.63) is 131 Å². The topological polar surface area (TPSA) is 116 Å². The van der Waals surface area contributed by atoms with Crippen LogP contribution < -0.4 is 15.1 Å². The number of benzene rings is 4. The van der Waals surface area contributed by atoms with E-state index in [1.165, 1.54) is 12.0 Å². The van der Waals surface area contributed by atoms with Crippen LogP contribution in [0.1, 0.15) is 35.4 Å². The van der Waals surface area contributed by atoms with Gasteiger partial charge in [0, 0.05) is 11.5 Å². The molecule has 0 aromatic heterocycles.